The van der Waals surface area contributed by atoms with E-state index in [0.717, 1.165) is 11.3 Å². The lowest BCUT2D eigenvalue weighted by atomic mass is 10.1. The third kappa shape index (κ3) is 4.03. The average Bonchev–Trinajstić information content (AvgIpc) is 3.23. The molecule has 1 aromatic carbocycles. The van der Waals surface area contributed by atoms with Crippen molar-refractivity contribution < 1.29 is 19.1 Å². The van der Waals surface area contributed by atoms with E-state index in [1.54, 1.807) is 16.8 Å². The number of halogens is 1. The fraction of sp³-hybridized carbons (Fsp3) is 0.300. The zero-order valence-electron chi connectivity index (χ0n) is 16.6. The highest BCUT2D eigenvalue weighted by molar-refractivity contribution is 5.92. The van der Waals surface area contributed by atoms with E-state index in [1.807, 2.05) is 13.8 Å². The quantitative estimate of drug-likeness (QED) is 0.664. The molecule has 2 heterocycles. The van der Waals surface area contributed by atoms with Crippen LogP contribution in [0.25, 0.3) is 5.69 Å². The molecule has 0 fully saturated rings. The van der Waals surface area contributed by atoms with Gasteiger partial charge in [0.25, 0.3) is 0 Å². The topological polar surface area (TPSA) is 102 Å². The maximum absolute atomic E-state index is 13.2. The Bertz CT molecular complexity index is 1070. The normalized spacial score (nSPS) is 11.5. The highest BCUT2D eigenvalue weighted by Gasteiger charge is 2.30. The van der Waals surface area contributed by atoms with Gasteiger partial charge in [-0.1, -0.05) is 0 Å². The number of amides is 1. The molecule has 1 amide bonds. The summed E-state index contributed by atoms with van der Waals surface area (Å²) in [5.74, 6) is -1.64. The third-order valence-electron chi connectivity index (χ3n) is 4.81. The molecule has 0 saturated carbocycles. The number of aryl methyl sites for hydroxylation is 1. The van der Waals surface area contributed by atoms with Crippen molar-refractivity contribution >= 4 is 17.6 Å². The molecule has 8 nitrogen and oxygen atoms in total. The number of carboxylic acids is 1. The van der Waals surface area contributed by atoms with Crippen LogP contribution in [0.1, 0.15) is 30.8 Å². The first kappa shape index (κ1) is 20.2. The number of carbonyl (C=O) groups is 2. The van der Waals surface area contributed by atoms with Crippen LogP contribution < -0.4 is 5.32 Å². The van der Waals surface area contributed by atoms with Crippen molar-refractivity contribution in [2.45, 2.75) is 39.7 Å². The number of aromatic nitrogens is 4. The smallest absolute Gasteiger partial charge is 0.331 e. The lowest BCUT2D eigenvalue weighted by Crippen LogP contribution is -2.35. The monoisotopic (exact) mass is 399 g/mol. The Morgan fingerprint density at radius 1 is 1.21 bits per heavy atom. The van der Waals surface area contributed by atoms with Crippen LogP contribution >= 0.6 is 0 Å². The van der Waals surface area contributed by atoms with E-state index >= 15 is 0 Å². The number of carbonyl (C=O) groups excluding carboxylic acids is 1. The molecule has 3 rings (SSSR count). The predicted octanol–water partition coefficient (Wildman–Crippen LogP) is 2.83. The van der Waals surface area contributed by atoms with Gasteiger partial charge in [0.2, 0.25) is 5.91 Å². The Labute approximate surface area is 167 Å². The van der Waals surface area contributed by atoms with E-state index in [0.29, 0.717) is 17.1 Å². The molecule has 2 N–H and O–H groups in total. The zero-order valence-corrected chi connectivity index (χ0v) is 16.6. The van der Waals surface area contributed by atoms with Crippen molar-refractivity contribution in [3.63, 3.8) is 0 Å². The van der Waals surface area contributed by atoms with E-state index in [9.17, 15) is 19.1 Å². The van der Waals surface area contributed by atoms with Gasteiger partial charge in [-0.25, -0.2) is 13.9 Å². The van der Waals surface area contributed by atoms with Crippen LogP contribution in [0, 0.1) is 19.7 Å². The molecule has 2 aromatic heterocycles. The maximum Gasteiger partial charge on any atom is 0.331 e. The average molecular weight is 399 g/mol. The molecule has 0 unspecified atom stereocenters. The number of benzene rings is 1. The second-order valence-corrected chi connectivity index (χ2v) is 7.30. The van der Waals surface area contributed by atoms with Crippen LogP contribution in [0.2, 0.25) is 0 Å². The van der Waals surface area contributed by atoms with Crippen molar-refractivity contribution in [1.29, 1.82) is 0 Å². The molecule has 0 radical (unpaired) electrons. The van der Waals surface area contributed by atoms with E-state index in [2.05, 4.69) is 15.5 Å². The van der Waals surface area contributed by atoms with Crippen LogP contribution in [0.15, 0.2) is 36.7 Å². The van der Waals surface area contributed by atoms with E-state index in [-0.39, 0.29) is 18.1 Å². The fourth-order valence-electron chi connectivity index (χ4n) is 2.92. The van der Waals surface area contributed by atoms with Gasteiger partial charge in [-0.05, 0) is 52.0 Å². The number of hydrogen-bond donors (Lipinski definition) is 2. The van der Waals surface area contributed by atoms with Gasteiger partial charge >= 0.3 is 5.97 Å². The first-order valence-corrected chi connectivity index (χ1v) is 8.99. The van der Waals surface area contributed by atoms with Gasteiger partial charge in [0.05, 0.1) is 29.7 Å². The molecule has 3 aromatic rings. The summed E-state index contributed by atoms with van der Waals surface area (Å²) in [6.45, 7) is 6.69. The molecule has 0 spiro atoms. The minimum absolute atomic E-state index is 0.0896. The molecule has 152 valence electrons. The van der Waals surface area contributed by atoms with Gasteiger partial charge in [-0.15, -0.1) is 0 Å². The first-order valence-electron chi connectivity index (χ1n) is 8.99. The molecular formula is C20H22FN5O3. The molecule has 0 saturated heterocycles. The van der Waals surface area contributed by atoms with Gasteiger partial charge in [-0.3, -0.25) is 9.48 Å². The molecule has 0 aliphatic carbocycles. The summed E-state index contributed by atoms with van der Waals surface area (Å²) in [7, 11) is 0. The van der Waals surface area contributed by atoms with E-state index < -0.39 is 11.5 Å². The Balaban J connectivity index is 1.76. The van der Waals surface area contributed by atoms with E-state index in [1.165, 1.54) is 43.1 Å². The minimum Gasteiger partial charge on any atom is -0.479 e. The molecule has 9 heteroatoms. The number of carboxylic acid groups (broad SMARTS) is 1. The summed E-state index contributed by atoms with van der Waals surface area (Å²) in [6.07, 6.45) is 2.98. The summed E-state index contributed by atoms with van der Waals surface area (Å²) >= 11 is 0. The fourth-order valence-corrected chi connectivity index (χ4v) is 2.92. The molecule has 0 atom stereocenters. The summed E-state index contributed by atoms with van der Waals surface area (Å²) in [5, 5.41) is 20.5. The summed E-state index contributed by atoms with van der Waals surface area (Å²) in [5.41, 5.74) is 2.13. The maximum atomic E-state index is 13.2. The number of nitrogens with zero attached hydrogens (tertiary/aromatic N) is 4. The van der Waals surface area contributed by atoms with Crippen molar-refractivity contribution in [1.82, 2.24) is 19.6 Å². The third-order valence-corrected chi connectivity index (χ3v) is 4.81. The Morgan fingerprint density at radius 2 is 1.86 bits per heavy atom. The second kappa shape index (κ2) is 7.50. The first-order chi connectivity index (χ1) is 13.6. The number of rotatable bonds is 6. The lowest BCUT2D eigenvalue weighted by molar-refractivity contribution is -0.146. The van der Waals surface area contributed by atoms with Gasteiger partial charge in [-0.2, -0.15) is 10.2 Å². The Hall–Kier alpha value is -3.49. The summed E-state index contributed by atoms with van der Waals surface area (Å²) in [4.78, 5) is 23.8. The van der Waals surface area contributed by atoms with Crippen LogP contribution in [0.5, 0.6) is 0 Å². The highest BCUT2D eigenvalue weighted by atomic mass is 19.1. The van der Waals surface area contributed by atoms with Gasteiger partial charge in [0.15, 0.2) is 5.54 Å². The van der Waals surface area contributed by atoms with Crippen molar-refractivity contribution in [2.75, 3.05) is 5.32 Å². The van der Waals surface area contributed by atoms with Gasteiger partial charge in [0.1, 0.15) is 5.82 Å². The van der Waals surface area contributed by atoms with Crippen molar-refractivity contribution in [2.24, 2.45) is 0 Å². The number of aliphatic carboxylic acids is 1. The van der Waals surface area contributed by atoms with Gasteiger partial charge < -0.3 is 10.4 Å². The minimum atomic E-state index is -1.23. The molecule has 0 bridgehead atoms. The second-order valence-electron chi connectivity index (χ2n) is 7.30. The molecular weight excluding hydrogens is 377 g/mol. The predicted molar refractivity (Wildman–Crippen MR) is 105 cm³/mol. The van der Waals surface area contributed by atoms with Gasteiger partial charge in [0, 0.05) is 17.5 Å². The molecule has 0 aliphatic rings. The summed E-state index contributed by atoms with van der Waals surface area (Å²) < 4.78 is 16.1. The van der Waals surface area contributed by atoms with Crippen LogP contribution in [0.3, 0.4) is 0 Å². The summed E-state index contributed by atoms with van der Waals surface area (Å²) in [6, 6.07) is 5.96. The lowest BCUT2D eigenvalue weighted by Gasteiger charge is -2.19. The Morgan fingerprint density at radius 3 is 2.48 bits per heavy atom. The van der Waals surface area contributed by atoms with E-state index in [4.69, 9.17) is 0 Å². The van der Waals surface area contributed by atoms with Crippen LogP contribution in [-0.2, 0) is 21.5 Å². The number of hydrogen-bond acceptors (Lipinski definition) is 4. The largest absolute Gasteiger partial charge is 0.479 e. The van der Waals surface area contributed by atoms with Crippen molar-refractivity contribution in [3.05, 3.63) is 59.4 Å². The number of nitrogens with one attached hydrogen (secondary N) is 1. The molecule has 0 aliphatic heterocycles. The van der Waals surface area contributed by atoms with Crippen LogP contribution in [-0.4, -0.2) is 36.5 Å². The number of anilines is 1. The molecule has 29 heavy (non-hydrogen) atoms. The Kier molecular flexibility index (Phi) is 5.23. The highest BCUT2D eigenvalue weighted by Crippen LogP contribution is 2.20. The standard InChI is InChI=1S/C20H22FN5O3/c1-12-17(13(2)26(24-12)16-7-5-14(21)6-8-16)9-18(27)23-15-10-22-25(11-15)20(3,4)19(28)29/h5-8,10-11H,9H2,1-4H3,(H,23,27)(H,28,29). The zero-order chi connectivity index (χ0) is 21.3. The van der Waals surface area contributed by atoms with Crippen molar-refractivity contribution in [3.8, 4) is 5.69 Å². The SMILES string of the molecule is Cc1nn(-c2ccc(F)cc2)c(C)c1CC(=O)Nc1cnn(C(C)(C)C(=O)O)c1. The van der Waals surface area contributed by atoms with Crippen LogP contribution in [0.4, 0.5) is 10.1 Å².